The number of hydrogen-bond donors (Lipinski definition) is 1. The van der Waals surface area contributed by atoms with Crippen molar-refractivity contribution < 1.29 is 4.79 Å². The number of hydrogen-bond acceptors (Lipinski definition) is 5. The van der Waals surface area contributed by atoms with Crippen LogP contribution in [0.25, 0.3) is 22.3 Å². The number of nitrogens with zero attached hydrogens (tertiary/aromatic N) is 4. The number of aromatic nitrogens is 2. The van der Waals surface area contributed by atoms with Gasteiger partial charge in [-0.05, 0) is 70.1 Å². The Morgan fingerprint density at radius 2 is 1.94 bits per heavy atom. The van der Waals surface area contributed by atoms with E-state index in [1.54, 1.807) is 12.1 Å². The number of amides is 1. The maximum atomic E-state index is 13.8. The van der Waals surface area contributed by atoms with Gasteiger partial charge in [0.2, 0.25) is 5.91 Å². The third-order valence-electron chi connectivity index (χ3n) is 6.27. The first kappa shape index (κ1) is 25.2. The quantitative estimate of drug-likeness (QED) is 0.533. The molecule has 4 rings (SSSR count). The molecule has 2 heterocycles. The molecule has 35 heavy (non-hydrogen) atoms. The summed E-state index contributed by atoms with van der Waals surface area (Å²) in [6.07, 6.45) is 2.24. The van der Waals surface area contributed by atoms with Gasteiger partial charge in [0.15, 0.2) is 0 Å². The predicted octanol–water partition coefficient (Wildman–Crippen LogP) is 4.16. The summed E-state index contributed by atoms with van der Waals surface area (Å²) in [5, 5.41) is 3.93. The van der Waals surface area contributed by atoms with E-state index < -0.39 is 0 Å². The molecule has 1 aromatic heterocycles. The van der Waals surface area contributed by atoms with E-state index in [-0.39, 0.29) is 24.1 Å². The summed E-state index contributed by atoms with van der Waals surface area (Å²) < 4.78 is 1.46. The van der Waals surface area contributed by atoms with Gasteiger partial charge in [-0.25, -0.2) is 4.98 Å². The van der Waals surface area contributed by atoms with Crippen molar-refractivity contribution >= 4 is 34.1 Å². The number of carbonyl (C=O) groups excluding carboxylic acids is 1. The molecule has 2 aromatic carbocycles. The van der Waals surface area contributed by atoms with Crippen LogP contribution in [0.5, 0.6) is 0 Å². The molecule has 1 fully saturated rings. The number of carbonyl (C=O) groups is 1. The zero-order chi connectivity index (χ0) is 24.9. The van der Waals surface area contributed by atoms with E-state index in [1.165, 1.54) is 4.57 Å². The highest BCUT2D eigenvalue weighted by Crippen LogP contribution is 2.25. The van der Waals surface area contributed by atoms with Crippen LogP contribution in [0.3, 0.4) is 0 Å². The highest BCUT2D eigenvalue weighted by molar-refractivity contribution is 6.30. The first-order valence-corrected chi connectivity index (χ1v) is 12.8. The molecule has 1 N–H and O–H groups in total. The van der Waals surface area contributed by atoms with Gasteiger partial charge in [-0.1, -0.05) is 30.7 Å². The van der Waals surface area contributed by atoms with E-state index in [0.717, 1.165) is 51.3 Å². The molecule has 1 aliphatic rings. The zero-order valence-corrected chi connectivity index (χ0v) is 21.5. The second-order valence-corrected chi connectivity index (χ2v) is 9.88. The van der Waals surface area contributed by atoms with Crippen molar-refractivity contribution in [2.45, 2.75) is 46.2 Å². The van der Waals surface area contributed by atoms with E-state index in [4.69, 9.17) is 16.6 Å². The van der Waals surface area contributed by atoms with Crippen molar-refractivity contribution in [1.29, 1.82) is 0 Å². The Bertz CT molecular complexity index is 1260. The van der Waals surface area contributed by atoms with Gasteiger partial charge in [-0.2, -0.15) is 0 Å². The maximum Gasteiger partial charge on any atom is 0.262 e. The molecule has 0 atom stereocenters. The van der Waals surface area contributed by atoms with Crippen molar-refractivity contribution in [3.05, 3.63) is 57.8 Å². The number of nitrogens with one attached hydrogen (secondary N) is 1. The summed E-state index contributed by atoms with van der Waals surface area (Å²) in [4.78, 5) is 36.1. The first-order chi connectivity index (χ1) is 16.9. The lowest BCUT2D eigenvalue weighted by atomic mass is 10.1. The Labute approximate surface area is 211 Å². The SMILES string of the molecule is CCCN1CCCN(c2ccc3nc(-c4cccc(Cl)c4)n(CC(=O)NC(C)C)c(=O)c3c2)CC1. The lowest BCUT2D eigenvalue weighted by Crippen LogP contribution is -2.37. The van der Waals surface area contributed by atoms with Gasteiger partial charge in [-0.15, -0.1) is 0 Å². The third kappa shape index (κ3) is 6.03. The number of benzene rings is 2. The highest BCUT2D eigenvalue weighted by atomic mass is 35.5. The minimum absolute atomic E-state index is 0.0249. The van der Waals surface area contributed by atoms with Crippen LogP contribution in [-0.2, 0) is 11.3 Å². The minimum atomic E-state index is -0.230. The van der Waals surface area contributed by atoms with Crippen LogP contribution < -0.4 is 15.8 Å². The fraction of sp³-hybridized carbons (Fsp3) is 0.444. The molecule has 0 radical (unpaired) electrons. The molecule has 186 valence electrons. The number of rotatable bonds is 7. The molecule has 0 unspecified atom stereocenters. The van der Waals surface area contributed by atoms with Gasteiger partial charge >= 0.3 is 0 Å². The molecule has 0 bridgehead atoms. The molecule has 3 aromatic rings. The van der Waals surface area contributed by atoms with Gasteiger partial charge in [0.25, 0.3) is 5.56 Å². The lowest BCUT2D eigenvalue weighted by Gasteiger charge is -2.24. The monoisotopic (exact) mass is 495 g/mol. The molecular formula is C27H34ClN5O2. The van der Waals surface area contributed by atoms with Gasteiger partial charge in [0, 0.05) is 41.9 Å². The van der Waals surface area contributed by atoms with E-state index in [2.05, 4.69) is 22.0 Å². The fourth-order valence-corrected chi connectivity index (χ4v) is 4.87. The van der Waals surface area contributed by atoms with Crippen LogP contribution >= 0.6 is 11.6 Å². The molecule has 1 saturated heterocycles. The predicted molar refractivity (Wildman–Crippen MR) is 143 cm³/mol. The Kier molecular flexibility index (Phi) is 8.08. The summed E-state index contributed by atoms with van der Waals surface area (Å²) in [5.74, 6) is 0.202. The van der Waals surface area contributed by atoms with Gasteiger partial charge < -0.3 is 15.1 Å². The van der Waals surface area contributed by atoms with Crippen LogP contribution in [0.1, 0.15) is 33.6 Å². The highest BCUT2D eigenvalue weighted by Gasteiger charge is 2.19. The summed E-state index contributed by atoms with van der Waals surface area (Å²) in [6, 6.07) is 13.1. The molecule has 7 nitrogen and oxygen atoms in total. The number of anilines is 1. The minimum Gasteiger partial charge on any atom is -0.370 e. The van der Waals surface area contributed by atoms with Crippen molar-refractivity contribution in [2.75, 3.05) is 37.6 Å². The summed E-state index contributed by atoms with van der Waals surface area (Å²) in [7, 11) is 0. The van der Waals surface area contributed by atoms with Gasteiger partial charge in [-0.3, -0.25) is 14.2 Å². The average molecular weight is 496 g/mol. The molecule has 0 spiro atoms. The van der Waals surface area contributed by atoms with Crippen LogP contribution in [0.15, 0.2) is 47.3 Å². The van der Waals surface area contributed by atoms with Crippen LogP contribution in [0.2, 0.25) is 5.02 Å². The normalized spacial score (nSPS) is 14.9. The van der Waals surface area contributed by atoms with Crippen molar-refractivity contribution in [3.63, 3.8) is 0 Å². The van der Waals surface area contributed by atoms with Gasteiger partial charge in [0.1, 0.15) is 12.4 Å². The Morgan fingerprint density at radius 3 is 2.69 bits per heavy atom. The largest absolute Gasteiger partial charge is 0.370 e. The van der Waals surface area contributed by atoms with Gasteiger partial charge in [0.05, 0.1) is 10.9 Å². The second kappa shape index (κ2) is 11.2. The van der Waals surface area contributed by atoms with E-state index in [0.29, 0.717) is 27.3 Å². The smallest absolute Gasteiger partial charge is 0.262 e. The number of halogens is 1. The summed E-state index contributed by atoms with van der Waals surface area (Å²) >= 11 is 6.23. The van der Waals surface area contributed by atoms with Crippen LogP contribution in [-0.4, -0.2) is 59.1 Å². The first-order valence-electron chi connectivity index (χ1n) is 12.4. The fourth-order valence-electron chi connectivity index (χ4n) is 4.68. The second-order valence-electron chi connectivity index (χ2n) is 9.44. The van der Waals surface area contributed by atoms with Crippen LogP contribution in [0.4, 0.5) is 5.69 Å². The van der Waals surface area contributed by atoms with E-state index in [9.17, 15) is 9.59 Å². The average Bonchev–Trinajstić information content (AvgIpc) is 3.06. The summed E-state index contributed by atoms with van der Waals surface area (Å²) in [5.41, 5.74) is 2.09. The van der Waals surface area contributed by atoms with Crippen LogP contribution in [0, 0.1) is 0 Å². The Balaban J connectivity index is 1.76. The lowest BCUT2D eigenvalue weighted by molar-refractivity contribution is -0.122. The Hall–Kier alpha value is -2.90. The molecule has 0 aliphatic carbocycles. The third-order valence-corrected chi connectivity index (χ3v) is 6.50. The van der Waals surface area contributed by atoms with Crippen molar-refractivity contribution in [3.8, 4) is 11.4 Å². The topological polar surface area (TPSA) is 70.5 Å². The number of fused-ring (bicyclic) bond motifs is 1. The zero-order valence-electron chi connectivity index (χ0n) is 20.8. The molecule has 8 heteroatoms. The van der Waals surface area contributed by atoms with Crippen molar-refractivity contribution in [1.82, 2.24) is 19.8 Å². The maximum absolute atomic E-state index is 13.8. The molecule has 1 amide bonds. The van der Waals surface area contributed by atoms with Crippen molar-refractivity contribution in [2.24, 2.45) is 0 Å². The standard InChI is InChI=1S/C27H34ClN5O2/c1-4-11-31-12-6-13-32(15-14-31)22-9-10-24-23(17-22)27(35)33(18-25(34)29-19(2)3)26(30-24)20-7-5-8-21(28)16-20/h5,7-10,16-17,19H,4,6,11-15,18H2,1-3H3,(H,29,34). The molecule has 0 saturated carbocycles. The molecule has 1 aliphatic heterocycles. The Morgan fingerprint density at radius 1 is 1.11 bits per heavy atom. The molecular weight excluding hydrogens is 462 g/mol. The van der Waals surface area contributed by atoms with E-state index >= 15 is 0 Å². The summed E-state index contributed by atoms with van der Waals surface area (Å²) in [6.45, 7) is 11.0. The van der Waals surface area contributed by atoms with E-state index in [1.807, 2.05) is 44.2 Å².